The standard InChI is InChI=1S/C14H16N2O4/c17-7-2-4-11-3-1-5-15-13(11)14(19)16-6-8-20-12(9-16)10-18/h1,3,5,12,17-18H,6-10H2. The fraction of sp³-hybridized carbons (Fsp3) is 0.429. The lowest BCUT2D eigenvalue weighted by atomic mass is 10.1. The third-order valence-corrected chi connectivity index (χ3v) is 2.94. The first-order valence-electron chi connectivity index (χ1n) is 6.32. The molecule has 2 heterocycles. The van der Waals surface area contributed by atoms with Crippen LogP contribution in [-0.4, -0.2) is 65.0 Å². The first kappa shape index (κ1) is 14.5. The number of hydrogen-bond donors (Lipinski definition) is 2. The minimum absolute atomic E-state index is 0.122. The first-order valence-corrected chi connectivity index (χ1v) is 6.32. The number of nitrogens with zero attached hydrogens (tertiary/aromatic N) is 2. The van der Waals surface area contributed by atoms with Crippen LogP contribution in [0.5, 0.6) is 0 Å². The summed E-state index contributed by atoms with van der Waals surface area (Å²) in [5, 5.41) is 17.8. The Balaban J connectivity index is 2.20. The Morgan fingerprint density at radius 1 is 1.55 bits per heavy atom. The van der Waals surface area contributed by atoms with E-state index in [4.69, 9.17) is 14.9 Å². The summed E-state index contributed by atoms with van der Waals surface area (Å²) in [6.07, 6.45) is 1.17. The summed E-state index contributed by atoms with van der Waals surface area (Å²) in [6.45, 7) is 0.787. The molecule has 0 aliphatic carbocycles. The zero-order valence-corrected chi connectivity index (χ0v) is 11.0. The van der Waals surface area contributed by atoms with Gasteiger partial charge in [0.2, 0.25) is 0 Å². The van der Waals surface area contributed by atoms with Gasteiger partial charge in [-0.15, -0.1) is 0 Å². The van der Waals surface area contributed by atoms with Crippen molar-refractivity contribution < 1.29 is 19.7 Å². The van der Waals surface area contributed by atoms with Crippen molar-refractivity contribution in [1.82, 2.24) is 9.88 Å². The Morgan fingerprint density at radius 2 is 2.40 bits per heavy atom. The fourth-order valence-corrected chi connectivity index (χ4v) is 1.98. The lowest BCUT2D eigenvalue weighted by Crippen LogP contribution is -2.47. The minimum atomic E-state index is -0.358. The monoisotopic (exact) mass is 276 g/mol. The van der Waals surface area contributed by atoms with Crippen molar-refractivity contribution in [3.63, 3.8) is 0 Å². The van der Waals surface area contributed by atoms with Gasteiger partial charge in [0, 0.05) is 19.3 Å². The molecule has 2 rings (SSSR count). The average Bonchev–Trinajstić information content (AvgIpc) is 2.52. The highest BCUT2D eigenvalue weighted by Crippen LogP contribution is 2.12. The largest absolute Gasteiger partial charge is 0.394 e. The molecule has 1 aromatic rings. The Morgan fingerprint density at radius 3 is 3.15 bits per heavy atom. The number of aromatic nitrogens is 1. The highest BCUT2D eigenvalue weighted by molar-refractivity contribution is 5.94. The van der Waals surface area contributed by atoms with Crippen LogP contribution in [-0.2, 0) is 4.74 Å². The Labute approximate surface area is 117 Å². The van der Waals surface area contributed by atoms with Crippen LogP contribution in [0.3, 0.4) is 0 Å². The van der Waals surface area contributed by atoms with E-state index in [1.165, 1.54) is 6.20 Å². The third-order valence-electron chi connectivity index (χ3n) is 2.94. The predicted molar refractivity (Wildman–Crippen MR) is 70.9 cm³/mol. The van der Waals surface area contributed by atoms with Crippen LogP contribution in [0.15, 0.2) is 18.3 Å². The van der Waals surface area contributed by atoms with E-state index in [0.29, 0.717) is 25.3 Å². The van der Waals surface area contributed by atoms with E-state index >= 15 is 0 Å². The molecule has 0 saturated carbocycles. The number of amides is 1. The number of morpholine rings is 1. The summed E-state index contributed by atoms with van der Waals surface area (Å²) >= 11 is 0. The van der Waals surface area contributed by atoms with Gasteiger partial charge in [0.05, 0.1) is 24.9 Å². The third kappa shape index (κ3) is 3.33. The molecule has 6 heteroatoms. The van der Waals surface area contributed by atoms with Gasteiger partial charge in [-0.2, -0.15) is 0 Å². The summed E-state index contributed by atoms with van der Waals surface area (Å²) in [7, 11) is 0. The highest BCUT2D eigenvalue weighted by atomic mass is 16.5. The average molecular weight is 276 g/mol. The zero-order valence-electron chi connectivity index (χ0n) is 11.0. The SMILES string of the molecule is O=C(c1ncccc1C#CCO)N1CCOC(CO)C1. The maximum Gasteiger partial charge on any atom is 0.273 e. The van der Waals surface area contributed by atoms with E-state index < -0.39 is 0 Å². The molecule has 0 radical (unpaired) electrons. The first-order chi connectivity index (χ1) is 9.76. The molecule has 106 valence electrons. The molecule has 1 aromatic heterocycles. The molecule has 1 amide bonds. The second kappa shape index (κ2) is 7.01. The number of rotatable bonds is 2. The van der Waals surface area contributed by atoms with Crippen molar-refractivity contribution in [3.05, 3.63) is 29.6 Å². The number of carbonyl (C=O) groups excluding carboxylic acids is 1. The number of pyridine rings is 1. The summed E-state index contributed by atoms with van der Waals surface area (Å²) in [5.74, 6) is 4.99. The predicted octanol–water partition coefficient (Wildman–Crippen LogP) is -0.741. The van der Waals surface area contributed by atoms with Crippen molar-refractivity contribution in [1.29, 1.82) is 0 Å². The van der Waals surface area contributed by atoms with Crippen LogP contribution in [0.25, 0.3) is 0 Å². The summed E-state index contributed by atoms with van der Waals surface area (Å²) in [6, 6.07) is 3.38. The molecule has 0 aromatic carbocycles. The highest BCUT2D eigenvalue weighted by Gasteiger charge is 2.26. The quantitative estimate of drug-likeness (QED) is 0.695. The Kier molecular flexibility index (Phi) is 5.07. The molecular weight excluding hydrogens is 260 g/mol. The van der Waals surface area contributed by atoms with Crippen LogP contribution in [0.4, 0.5) is 0 Å². The van der Waals surface area contributed by atoms with Crippen LogP contribution in [0.2, 0.25) is 0 Å². The van der Waals surface area contributed by atoms with E-state index in [0.717, 1.165) is 0 Å². The van der Waals surface area contributed by atoms with Crippen LogP contribution < -0.4 is 0 Å². The molecule has 0 bridgehead atoms. The molecule has 0 spiro atoms. The maximum absolute atomic E-state index is 12.4. The van der Waals surface area contributed by atoms with E-state index in [-0.39, 0.29) is 30.9 Å². The van der Waals surface area contributed by atoms with Gasteiger partial charge in [-0.3, -0.25) is 4.79 Å². The summed E-state index contributed by atoms with van der Waals surface area (Å²) in [5.41, 5.74) is 0.741. The molecule has 1 aliphatic heterocycles. The Hall–Kier alpha value is -1.94. The van der Waals surface area contributed by atoms with Crippen molar-refractivity contribution >= 4 is 5.91 Å². The van der Waals surface area contributed by atoms with Crippen LogP contribution in [0, 0.1) is 11.8 Å². The normalized spacial score (nSPS) is 18.3. The zero-order chi connectivity index (χ0) is 14.4. The molecule has 6 nitrogen and oxygen atoms in total. The van der Waals surface area contributed by atoms with Crippen LogP contribution in [0.1, 0.15) is 16.1 Å². The molecule has 1 saturated heterocycles. The van der Waals surface area contributed by atoms with Gasteiger partial charge in [0.25, 0.3) is 5.91 Å². The maximum atomic E-state index is 12.4. The fourth-order valence-electron chi connectivity index (χ4n) is 1.98. The van der Waals surface area contributed by atoms with Gasteiger partial charge in [-0.05, 0) is 12.1 Å². The van der Waals surface area contributed by atoms with Gasteiger partial charge < -0.3 is 19.8 Å². The Bertz CT molecular complexity index is 535. The second-order valence-corrected chi connectivity index (χ2v) is 4.29. The molecule has 2 N–H and O–H groups in total. The van der Waals surface area contributed by atoms with E-state index in [1.807, 2.05) is 0 Å². The van der Waals surface area contributed by atoms with Gasteiger partial charge in [-0.1, -0.05) is 11.8 Å². The summed E-state index contributed by atoms with van der Waals surface area (Å²) < 4.78 is 5.31. The van der Waals surface area contributed by atoms with Crippen molar-refractivity contribution in [2.45, 2.75) is 6.10 Å². The molecule has 1 aliphatic rings. The second-order valence-electron chi connectivity index (χ2n) is 4.29. The van der Waals surface area contributed by atoms with Crippen molar-refractivity contribution in [3.8, 4) is 11.8 Å². The number of hydrogen-bond acceptors (Lipinski definition) is 5. The van der Waals surface area contributed by atoms with Crippen molar-refractivity contribution in [2.75, 3.05) is 32.9 Å². The minimum Gasteiger partial charge on any atom is -0.394 e. The molecule has 1 unspecified atom stereocenters. The number of ether oxygens (including phenoxy) is 1. The number of carbonyl (C=O) groups is 1. The van der Waals surface area contributed by atoms with E-state index in [9.17, 15) is 4.79 Å². The van der Waals surface area contributed by atoms with Gasteiger partial charge in [0.1, 0.15) is 12.3 Å². The molecule has 1 fully saturated rings. The summed E-state index contributed by atoms with van der Waals surface area (Å²) in [4.78, 5) is 18.1. The van der Waals surface area contributed by atoms with Crippen molar-refractivity contribution in [2.24, 2.45) is 0 Å². The lowest BCUT2D eigenvalue weighted by molar-refractivity contribution is -0.0448. The topological polar surface area (TPSA) is 82.9 Å². The van der Waals surface area contributed by atoms with E-state index in [2.05, 4.69) is 16.8 Å². The van der Waals surface area contributed by atoms with Gasteiger partial charge in [0.15, 0.2) is 0 Å². The van der Waals surface area contributed by atoms with E-state index in [1.54, 1.807) is 17.0 Å². The van der Waals surface area contributed by atoms with Gasteiger partial charge >= 0.3 is 0 Å². The van der Waals surface area contributed by atoms with Crippen LogP contribution >= 0.6 is 0 Å². The van der Waals surface area contributed by atoms with Gasteiger partial charge in [-0.25, -0.2) is 4.98 Å². The lowest BCUT2D eigenvalue weighted by Gasteiger charge is -2.31. The molecule has 20 heavy (non-hydrogen) atoms. The molecular formula is C14H16N2O4. The number of aliphatic hydroxyl groups excluding tert-OH is 2. The molecule has 1 atom stereocenters. The smallest absolute Gasteiger partial charge is 0.273 e. The number of aliphatic hydroxyl groups is 2.